The second kappa shape index (κ2) is 5.33. The number of aryl methyl sites for hydroxylation is 1. The van der Waals surface area contributed by atoms with Crippen LogP contribution < -0.4 is 5.73 Å². The van der Waals surface area contributed by atoms with Crippen LogP contribution in [-0.2, 0) is 7.05 Å². The van der Waals surface area contributed by atoms with Gasteiger partial charge in [-0.25, -0.2) is 4.98 Å². The molecular weight excluding hydrogens is 222 g/mol. The van der Waals surface area contributed by atoms with Crippen molar-refractivity contribution < 1.29 is 10.0 Å². The highest BCUT2D eigenvalue weighted by Crippen LogP contribution is 2.07. The Labute approximate surface area is 99.5 Å². The molecule has 0 saturated carbocycles. The first kappa shape index (κ1) is 13.0. The summed E-state index contributed by atoms with van der Waals surface area (Å²) in [6.45, 7) is 3.80. The van der Waals surface area contributed by atoms with Crippen LogP contribution in [0.1, 0.15) is 24.3 Å². The Morgan fingerprint density at radius 3 is 2.76 bits per heavy atom. The van der Waals surface area contributed by atoms with E-state index in [9.17, 15) is 4.79 Å². The summed E-state index contributed by atoms with van der Waals surface area (Å²) in [4.78, 5) is 17.6. The van der Waals surface area contributed by atoms with E-state index in [4.69, 9.17) is 10.9 Å². The highest BCUT2D eigenvalue weighted by atomic mass is 16.4. The molecule has 7 heteroatoms. The van der Waals surface area contributed by atoms with Crippen LogP contribution in [0.15, 0.2) is 17.7 Å². The number of nitrogens with two attached hydrogens (primary N) is 1. The number of hydrogen-bond donors (Lipinski definition) is 2. The van der Waals surface area contributed by atoms with E-state index in [1.165, 1.54) is 11.1 Å². The lowest BCUT2D eigenvalue weighted by atomic mass is 10.2. The van der Waals surface area contributed by atoms with Gasteiger partial charge in [0, 0.05) is 13.1 Å². The summed E-state index contributed by atoms with van der Waals surface area (Å²) >= 11 is 0. The summed E-state index contributed by atoms with van der Waals surface area (Å²) in [5, 5.41) is 11.4. The second-order valence-electron chi connectivity index (χ2n) is 4.01. The van der Waals surface area contributed by atoms with E-state index in [2.05, 4.69) is 10.1 Å². The van der Waals surface area contributed by atoms with E-state index in [0.717, 1.165) is 0 Å². The lowest BCUT2D eigenvalue weighted by molar-refractivity contribution is 0.0724. The molecule has 0 radical (unpaired) electrons. The van der Waals surface area contributed by atoms with Crippen molar-refractivity contribution in [1.82, 2.24) is 14.5 Å². The molecule has 1 heterocycles. The fourth-order valence-electron chi connectivity index (χ4n) is 1.41. The Balaban J connectivity index is 2.93. The maximum atomic E-state index is 12.2. The van der Waals surface area contributed by atoms with Crippen LogP contribution in [0.3, 0.4) is 0 Å². The van der Waals surface area contributed by atoms with Gasteiger partial charge in [0.25, 0.3) is 5.91 Å². The first-order chi connectivity index (χ1) is 7.97. The molecule has 0 atom stereocenters. The normalized spacial score (nSPS) is 11.9. The van der Waals surface area contributed by atoms with E-state index in [1.54, 1.807) is 17.9 Å². The number of aromatic nitrogens is 2. The lowest BCUT2D eigenvalue weighted by Crippen LogP contribution is -2.43. The molecule has 0 fully saturated rings. The van der Waals surface area contributed by atoms with Gasteiger partial charge in [0.05, 0.1) is 19.1 Å². The first-order valence-corrected chi connectivity index (χ1v) is 5.21. The van der Waals surface area contributed by atoms with Gasteiger partial charge in [-0.05, 0) is 13.8 Å². The zero-order valence-electron chi connectivity index (χ0n) is 10.2. The largest absolute Gasteiger partial charge is 0.409 e. The van der Waals surface area contributed by atoms with Crippen molar-refractivity contribution in [2.75, 3.05) is 6.54 Å². The molecule has 1 aromatic heterocycles. The van der Waals surface area contributed by atoms with E-state index < -0.39 is 0 Å². The number of nitrogens with zero attached hydrogens (tertiary/aromatic N) is 4. The van der Waals surface area contributed by atoms with Crippen molar-refractivity contribution in [1.29, 1.82) is 0 Å². The number of amidine groups is 1. The van der Waals surface area contributed by atoms with Crippen LogP contribution >= 0.6 is 0 Å². The predicted octanol–water partition coefficient (Wildman–Crippen LogP) is 0.0171. The summed E-state index contributed by atoms with van der Waals surface area (Å²) in [6, 6.07) is -0.0577. The minimum absolute atomic E-state index is 0.00535. The number of imidazole rings is 1. The molecule has 0 aliphatic carbocycles. The van der Waals surface area contributed by atoms with Crippen LogP contribution in [0.4, 0.5) is 0 Å². The number of oxime groups is 1. The van der Waals surface area contributed by atoms with Gasteiger partial charge >= 0.3 is 0 Å². The molecule has 0 aliphatic heterocycles. The van der Waals surface area contributed by atoms with Crippen LogP contribution in [0.25, 0.3) is 0 Å². The maximum absolute atomic E-state index is 12.2. The van der Waals surface area contributed by atoms with Gasteiger partial charge in [-0.2, -0.15) is 0 Å². The SMILES string of the molecule is CC(C)N(CC(N)=NO)C(=O)c1cncn1C. The number of hydrogen-bond acceptors (Lipinski definition) is 4. The Morgan fingerprint density at radius 2 is 2.35 bits per heavy atom. The second-order valence-corrected chi connectivity index (χ2v) is 4.01. The number of carbonyl (C=O) groups is 1. The molecule has 0 aromatic carbocycles. The predicted molar refractivity (Wildman–Crippen MR) is 62.8 cm³/mol. The fourth-order valence-corrected chi connectivity index (χ4v) is 1.41. The molecule has 1 aromatic rings. The van der Waals surface area contributed by atoms with Gasteiger partial charge in [-0.3, -0.25) is 4.79 Å². The average Bonchev–Trinajstić information content (AvgIpc) is 2.70. The van der Waals surface area contributed by atoms with Gasteiger partial charge in [0.15, 0.2) is 5.84 Å². The Morgan fingerprint density at radius 1 is 1.71 bits per heavy atom. The third-order valence-corrected chi connectivity index (χ3v) is 2.38. The molecule has 3 N–H and O–H groups in total. The molecule has 0 saturated heterocycles. The van der Waals surface area contributed by atoms with Gasteiger partial charge in [-0.1, -0.05) is 5.16 Å². The summed E-state index contributed by atoms with van der Waals surface area (Å²) in [7, 11) is 1.74. The molecular formula is C10H17N5O2. The molecule has 7 nitrogen and oxygen atoms in total. The first-order valence-electron chi connectivity index (χ1n) is 5.21. The third kappa shape index (κ3) is 2.96. The Bertz CT molecular complexity index is 424. The average molecular weight is 239 g/mol. The molecule has 0 spiro atoms. The highest BCUT2D eigenvalue weighted by molar-refractivity contribution is 5.95. The minimum atomic E-state index is -0.202. The van der Waals surface area contributed by atoms with Gasteiger partial charge in [0.2, 0.25) is 0 Å². The minimum Gasteiger partial charge on any atom is -0.409 e. The van der Waals surface area contributed by atoms with E-state index in [-0.39, 0.29) is 24.3 Å². The van der Waals surface area contributed by atoms with Crippen molar-refractivity contribution in [3.63, 3.8) is 0 Å². The quantitative estimate of drug-likeness (QED) is 0.335. The summed E-state index contributed by atoms with van der Waals surface area (Å²) < 4.78 is 1.63. The van der Waals surface area contributed by atoms with Gasteiger partial charge < -0.3 is 20.4 Å². The Kier molecular flexibility index (Phi) is 4.08. The topological polar surface area (TPSA) is 96.7 Å². The van der Waals surface area contributed by atoms with Crippen LogP contribution in [0.2, 0.25) is 0 Å². The summed E-state index contributed by atoms with van der Waals surface area (Å²) in [6.07, 6.45) is 3.04. The molecule has 17 heavy (non-hydrogen) atoms. The molecule has 1 rings (SSSR count). The molecule has 0 bridgehead atoms. The lowest BCUT2D eigenvalue weighted by Gasteiger charge is -2.25. The fraction of sp³-hybridized carbons (Fsp3) is 0.500. The molecule has 1 amide bonds. The molecule has 94 valence electrons. The van der Waals surface area contributed by atoms with E-state index in [1.807, 2.05) is 13.8 Å². The number of carbonyl (C=O) groups excluding carboxylic acids is 1. The van der Waals surface area contributed by atoms with Crippen LogP contribution in [-0.4, -0.2) is 44.0 Å². The van der Waals surface area contributed by atoms with Crippen molar-refractivity contribution in [2.24, 2.45) is 17.9 Å². The van der Waals surface area contributed by atoms with Crippen LogP contribution in [0, 0.1) is 0 Å². The number of rotatable bonds is 4. The van der Waals surface area contributed by atoms with Gasteiger partial charge in [0.1, 0.15) is 5.69 Å². The highest BCUT2D eigenvalue weighted by Gasteiger charge is 2.22. The standard InChI is InChI=1S/C10H17N5O2/c1-7(2)15(5-9(11)13-17)10(16)8-4-12-6-14(8)3/h4,6-7,17H,5H2,1-3H3,(H2,11,13). The van der Waals surface area contributed by atoms with Crippen molar-refractivity contribution >= 4 is 11.7 Å². The van der Waals surface area contributed by atoms with Crippen molar-refractivity contribution in [3.8, 4) is 0 Å². The maximum Gasteiger partial charge on any atom is 0.272 e. The number of amides is 1. The molecule has 0 unspecified atom stereocenters. The molecule has 0 aliphatic rings. The van der Waals surface area contributed by atoms with E-state index in [0.29, 0.717) is 5.69 Å². The zero-order chi connectivity index (χ0) is 13.0. The van der Waals surface area contributed by atoms with Crippen molar-refractivity contribution in [2.45, 2.75) is 19.9 Å². The Hall–Kier alpha value is -2.05. The van der Waals surface area contributed by atoms with E-state index >= 15 is 0 Å². The summed E-state index contributed by atoms with van der Waals surface area (Å²) in [5.41, 5.74) is 5.89. The van der Waals surface area contributed by atoms with Gasteiger partial charge in [-0.15, -0.1) is 0 Å². The zero-order valence-corrected chi connectivity index (χ0v) is 10.2. The summed E-state index contributed by atoms with van der Waals surface area (Å²) in [5.74, 6) is -0.208. The van der Waals surface area contributed by atoms with Crippen LogP contribution in [0.5, 0.6) is 0 Å². The monoisotopic (exact) mass is 239 g/mol. The smallest absolute Gasteiger partial charge is 0.272 e. The third-order valence-electron chi connectivity index (χ3n) is 2.38. The van der Waals surface area contributed by atoms with Crippen molar-refractivity contribution in [3.05, 3.63) is 18.2 Å².